The maximum Gasteiger partial charge on any atom is 0.314 e. The van der Waals surface area contributed by atoms with E-state index in [1.807, 2.05) is 0 Å². The van der Waals surface area contributed by atoms with E-state index in [1.165, 1.54) is 15.6 Å². The van der Waals surface area contributed by atoms with Crippen LogP contribution >= 0.6 is 0 Å². The van der Waals surface area contributed by atoms with E-state index < -0.39 is 12.3 Å². The first-order valence-electron chi connectivity index (χ1n) is 9.79. The number of benzene rings is 1. The predicted octanol–water partition coefficient (Wildman–Crippen LogP) is 2.71. The van der Waals surface area contributed by atoms with E-state index in [2.05, 4.69) is 20.6 Å². The molecule has 0 unspecified atom stereocenters. The van der Waals surface area contributed by atoms with E-state index >= 15 is 0 Å². The summed E-state index contributed by atoms with van der Waals surface area (Å²) >= 11 is 0. The number of nitrogens with zero attached hydrogens (tertiary/aromatic N) is 5. The minimum absolute atomic E-state index is 0.0951. The highest BCUT2D eigenvalue weighted by atomic mass is 19.3. The fourth-order valence-corrected chi connectivity index (χ4v) is 3.53. The van der Waals surface area contributed by atoms with Crippen molar-refractivity contribution in [3.05, 3.63) is 47.0 Å². The molecule has 1 aromatic carbocycles. The molecule has 1 aliphatic heterocycles. The van der Waals surface area contributed by atoms with Crippen molar-refractivity contribution in [1.29, 1.82) is 0 Å². The number of aryl methyl sites for hydroxylation is 1. The van der Waals surface area contributed by atoms with Gasteiger partial charge in [0.1, 0.15) is 5.56 Å². The molecule has 0 bridgehead atoms. The Morgan fingerprint density at radius 1 is 1.32 bits per heavy atom. The molecule has 2 aromatic heterocycles. The van der Waals surface area contributed by atoms with E-state index in [0.717, 1.165) is 18.4 Å². The second kappa shape index (κ2) is 7.25. The Morgan fingerprint density at radius 3 is 2.84 bits per heavy atom. The van der Waals surface area contributed by atoms with Crippen LogP contribution in [0, 0.1) is 5.92 Å². The van der Waals surface area contributed by atoms with Crippen molar-refractivity contribution < 1.29 is 22.8 Å². The zero-order valence-electron chi connectivity index (χ0n) is 16.5. The van der Waals surface area contributed by atoms with Crippen LogP contribution in [-0.4, -0.2) is 38.3 Å². The first kappa shape index (κ1) is 19.3. The molecule has 0 saturated heterocycles. The van der Waals surface area contributed by atoms with Gasteiger partial charge in [-0.2, -0.15) is 13.9 Å². The Morgan fingerprint density at radius 2 is 2.13 bits per heavy atom. The summed E-state index contributed by atoms with van der Waals surface area (Å²) in [6.45, 7) is 0.843. The minimum atomic E-state index is -2.87. The van der Waals surface area contributed by atoms with Gasteiger partial charge in [-0.15, -0.1) is 10.2 Å². The fourth-order valence-electron chi connectivity index (χ4n) is 3.53. The van der Waals surface area contributed by atoms with Crippen molar-refractivity contribution >= 4 is 17.6 Å². The largest absolute Gasteiger partial charge is 0.415 e. The number of carbonyl (C=O) groups is 2. The molecular formula is C20H18F2N6O3. The maximum absolute atomic E-state index is 13.1. The number of carbonyl (C=O) groups excluding carboxylic acids is 2. The van der Waals surface area contributed by atoms with Crippen molar-refractivity contribution in [2.75, 3.05) is 11.4 Å². The van der Waals surface area contributed by atoms with E-state index in [-0.39, 0.29) is 30.1 Å². The number of amides is 2. The molecule has 1 fully saturated rings. The van der Waals surface area contributed by atoms with Gasteiger partial charge in [0.2, 0.25) is 5.89 Å². The standard InChI is InChI=1S/C20H18F2N6O3/c1-27-9-14(17(29)23-7-10-2-3-10)16(26-27)28-8-12-5-4-11(6-13(12)20(28)30)18-24-25-19(31-18)15(21)22/h4-6,9-10,15H,2-3,7-8H2,1H3,(H,23,29). The zero-order chi connectivity index (χ0) is 21.7. The lowest BCUT2D eigenvalue weighted by molar-refractivity contribution is 0.0952. The molecule has 0 radical (unpaired) electrons. The summed E-state index contributed by atoms with van der Waals surface area (Å²) in [6.07, 6.45) is 0.938. The van der Waals surface area contributed by atoms with Gasteiger partial charge in [-0.3, -0.25) is 19.2 Å². The molecule has 1 aliphatic carbocycles. The topological polar surface area (TPSA) is 106 Å². The predicted molar refractivity (Wildman–Crippen MR) is 103 cm³/mol. The summed E-state index contributed by atoms with van der Waals surface area (Å²) in [5.74, 6) is -0.696. The van der Waals surface area contributed by atoms with Crippen molar-refractivity contribution in [2.45, 2.75) is 25.8 Å². The van der Waals surface area contributed by atoms with Crippen LogP contribution in [-0.2, 0) is 13.6 Å². The van der Waals surface area contributed by atoms with Gasteiger partial charge in [-0.1, -0.05) is 6.07 Å². The van der Waals surface area contributed by atoms with Crippen molar-refractivity contribution in [1.82, 2.24) is 25.3 Å². The number of aromatic nitrogens is 4. The van der Waals surface area contributed by atoms with Gasteiger partial charge in [0.15, 0.2) is 5.82 Å². The van der Waals surface area contributed by atoms with Crippen LogP contribution in [0.25, 0.3) is 11.5 Å². The highest BCUT2D eigenvalue weighted by Gasteiger charge is 2.34. The summed E-state index contributed by atoms with van der Waals surface area (Å²) in [5, 5.41) is 14.2. The van der Waals surface area contributed by atoms with Crippen LogP contribution in [0.1, 0.15) is 51.4 Å². The number of anilines is 1. The molecule has 3 aromatic rings. The molecule has 5 rings (SSSR count). The molecule has 2 aliphatic rings. The van der Waals surface area contributed by atoms with Crippen LogP contribution in [0.3, 0.4) is 0 Å². The number of alkyl halides is 2. The van der Waals surface area contributed by atoms with Crippen LogP contribution in [0.15, 0.2) is 28.8 Å². The van der Waals surface area contributed by atoms with Crippen LogP contribution in [0.5, 0.6) is 0 Å². The highest BCUT2D eigenvalue weighted by molar-refractivity contribution is 6.13. The third-order valence-electron chi connectivity index (χ3n) is 5.35. The summed E-state index contributed by atoms with van der Waals surface area (Å²) in [6, 6.07) is 4.85. The Labute approximate surface area is 175 Å². The number of halogens is 2. The third kappa shape index (κ3) is 3.56. The van der Waals surface area contributed by atoms with E-state index in [0.29, 0.717) is 29.2 Å². The monoisotopic (exact) mass is 428 g/mol. The second-order valence-electron chi connectivity index (χ2n) is 7.70. The number of fused-ring (bicyclic) bond motifs is 1. The van der Waals surface area contributed by atoms with E-state index in [4.69, 9.17) is 4.42 Å². The molecule has 2 amide bonds. The molecule has 3 heterocycles. The summed E-state index contributed by atoms with van der Waals surface area (Å²) in [4.78, 5) is 27.2. The van der Waals surface area contributed by atoms with Gasteiger partial charge in [0.05, 0.1) is 6.54 Å². The smallest absolute Gasteiger partial charge is 0.314 e. The average molecular weight is 428 g/mol. The van der Waals surface area contributed by atoms with E-state index in [9.17, 15) is 18.4 Å². The van der Waals surface area contributed by atoms with Crippen LogP contribution in [0.2, 0.25) is 0 Å². The molecule has 9 nitrogen and oxygen atoms in total. The van der Waals surface area contributed by atoms with Gasteiger partial charge in [-0.25, -0.2) is 0 Å². The van der Waals surface area contributed by atoms with Gasteiger partial charge >= 0.3 is 6.43 Å². The molecule has 1 saturated carbocycles. The summed E-state index contributed by atoms with van der Waals surface area (Å²) in [5.41, 5.74) is 1.77. The Hall–Kier alpha value is -3.63. The lowest BCUT2D eigenvalue weighted by Gasteiger charge is -2.14. The van der Waals surface area contributed by atoms with Crippen molar-refractivity contribution in [3.63, 3.8) is 0 Å². The highest BCUT2D eigenvalue weighted by Crippen LogP contribution is 2.33. The van der Waals surface area contributed by atoms with Crippen molar-refractivity contribution in [3.8, 4) is 11.5 Å². The Balaban J connectivity index is 1.42. The molecule has 31 heavy (non-hydrogen) atoms. The lowest BCUT2D eigenvalue weighted by atomic mass is 10.1. The first-order chi connectivity index (χ1) is 14.9. The van der Waals surface area contributed by atoms with Gasteiger partial charge in [-0.05, 0) is 36.5 Å². The molecule has 1 N–H and O–H groups in total. The Bertz CT molecular complexity index is 1180. The van der Waals surface area contributed by atoms with E-state index in [1.54, 1.807) is 25.4 Å². The lowest BCUT2D eigenvalue weighted by Crippen LogP contribution is -2.29. The first-order valence-corrected chi connectivity index (χ1v) is 9.79. The second-order valence-corrected chi connectivity index (χ2v) is 7.70. The molecule has 0 spiro atoms. The van der Waals surface area contributed by atoms with Crippen LogP contribution in [0.4, 0.5) is 14.6 Å². The molecule has 0 atom stereocenters. The number of hydrogen-bond donors (Lipinski definition) is 1. The minimum Gasteiger partial charge on any atom is -0.415 e. The molecule has 11 heteroatoms. The Kier molecular flexibility index (Phi) is 4.53. The number of nitrogens with one attached hydrogen (secondary N) is 1. The van der Waals surface area contributed by atoms with Gasteiger partial charge < -0.3 is 9.73 Å². The summed E-state index contributed by atoms with van der Waals surface area (Å²) in [7, 11) is 1.68. The third-order valence-corrected chi connectivity index (χ3v) is 5.35. The number of rotatable bonds is 6. The van der Waals surface area contributed by atoms with Crippen molar-refractivity contribution in [2.24, 2.45) is 13.0 Å². The molecular weight excluding hydrogens is 410 g/mol. The van der Waals surface area contributed by atoms with Crippen LogP contribution < -0.4 is 10.2 Å². The summed E-state index contributed by atoms with van der Waals surface area (Å²) < 4.78 is 31.9. The van der Waals surface area contributed by atoms with Gasteiger partial charge in [0.25, 0.3) is 17.7 Å². The average Bonchev–Trinajstić information content (AvgIpc) is 3.15. The quantitative estimate of drug-likeness (QED) is 0.647. The van der Waals surface area contributed by atoms with Gasteiger partial charge in [0, 0.05) is 30.9 Å². The SMILES string of the molecule is Cn1cc(C(=O)NCC2CC2)c(N2Cc3ccc(-c4nnc(C(F)F)o4)cc3C2=O)n1. The fraction of sp³-hybridized carbons (Fsp3) is 0.350. The normalized spacial score (nSPS) is 15.6. The zero-order valence-corrected chi connectivity index (χ0v) is 16.5. The number of hydrogen-bond acceptors (Lipinski definition) is 6. The maximum atomic E-state index is 13.1. The molecule has 160 valence electrons.